The zero-order valence-electron chi connectivity index (χ0n) is 12.5. The summed E-state index contributed by atoms with van der Waals surface area (Å²) < 4.78 is 7.60. The SMILES string of the molecule is CCOC1CCN(Cc2ccc(-n3ccnc3)nc2)CC1. The second-order valence-corrected chi connectivity index (χ2v) is 5.43. The molecule has 0 N–H and O–H groups in total. The zero-order chi connectivity index (χ0) is 14.5. The smallest absolute Gasteiger partial charge is 0.137 e. The molecule has 0 aromatic carbocycles. The summed E-state index contributed by atoms with van der Waals surface area (Å²) in [5, 5.41) is 0. The third-order valence-electron chi connectivity index (χ3n) is 3.92. The van der Waals surface area contributed by atoms with E-state index in [4.69, 9.17) is 4.74 Å². The molecule has 5 heteroatoms. The standard InChI is InChI=1S/C16H22N4O/c1-2-21-15-5-8-19(9-6-15)12-14-3-4-16(18-11-14)20-10-7-17-13-20/h3-4,7,10-11,13,15H,2,5-6,8-9,12H2,1H3. The first kappa shape index (κ1) is 14.2. The molecule has 0 saturated carbocycles. The van der Waals surface area contributed by atoms with Crippen LogP contribution in [-0.4, -0.2) is 45.2 Å². The number of likely N-dealkylation sites (tertiary alicyclic amines) is 1. The van der Waals surface area contributed by atoms with Crippen LogP contribution in [0.15, 0.2) is 37.1 Å². The second kappa shape index (κ2) is 6.83. The molecule has 1 saturated heterocycles. The quantitative estimate of drug-likeness (QED) is 0.845. The normalized spacial score (nSPS) is 17.2. The van der Waals surface area contributed by atoms with E-state index in [0.717, 1.165) is 44.9 Å². The Morgan fingerprint density at radius 1 is 1.29 bits per heavy atom. The molecule has 2 aromatic heterocycles. The van der Waals surface area contributed by atoms with Crippen LogP contribution in [0, 0.1) is 0 Å². The molecule has 5 nitrogen and oxygen atoms in total. The summed E-state index contributed by atoms with van der Waals surface area (Å²) in [6.45, 7) is 6.07. The number of pyridine rings is 1. The molecule has 0 atom stereocenters. The van der Waals surface area contributed by atoms with Gasteiger partial charge in [0.05, 0.1) is 6.10 Å². The number of ether oxygens (including phenoxy) is 1. The van der Waals surface area contributed by atoms with Gasteiger partial charge in [0.15, 0.2) is 0 Å². The first-order valence-electron chi connectivity index (χ1n) is 7.62. The molecular formula is C16H22N4O. The molecule has 1 aliphatic rings. The largest absolute Gasteiger partial charge is 0.378 e. The highest BCUT2D eigenvalue weighted by Gasteiger charge is 2.19. The molecule has 0 amide bonds. The van der Waals surface area contributed by atoms with Crippen LogP contribution in [0.3, 0.4) is 0 Å². The average Bonchev–Trinajstić information content (AvgIpc) is 3.05. The summed E-state index contributed by atoms with van der Waals surface area (Å²) >= 11 is 0. The Bertz CT molecular complexity index is 530. The number of hydrogen-bond donors (Lipinski definition) is 0. The fourth-order valence-electron chi connectivity index (χ4n) is 2.79. The highest BCUT2D eigenvalue weighted by atomic mass is 16.5. The first-order valence-corrected chi connectivity index (χ1v) is 7.62. The first-order chi connectivity index (χ1) is 10.3. The van der Waals surface area contributed by atoms with Crippen LogP contribution in [0.5, 0.6) is 0 Å². The molecule has 2 aromatic rings. The van der Waals surface area contributed by atoms with Crippen molar-refractivity contribution in [3.8, 4) is 5.82 Å². The Kier molecular flexibility index (Phi) is 4.62. The van der Waals surface area contributed by atoms with Crippen molar-refractivity contribution >= 4 is 0 Å². The summed E-state index contributed by atoms with van der Waals surface area (Å²) in [5.41, 5.74) is 1.26. The van der Waals surface area contributed by atoms with Crippen LogP contribution in [0.1, 0.15) is 25.3 Å². The number of hydrogen-bond acceptors (Lipinski definition) is 4. The van der Waals surface area contributed by atoms with Gasteiger partial charge in [-0.2, -0.15) is 0 Å². The van der Waals surface area contributed by atoms with Crippen LogP contribution < -0.4 is 0 Å². The summed E-state index contributed by atoms with van der Waals surface area (Å²) in [6.07, 6.45) is 10.1. The van der Waals surface area contributed by atoms with Gasteiger partial charge in [0.1, 0.15) is 12.1 Å². The summed E-state index contributed by atoms with van der Waals surface area (Å²) in [6, 6.07) is 4.20. The molecule has 3 heterocycles. The van der Waals surface area contributed by atoms with Gasteiger partial charge in [0.25, 0.3) is 0 Å². The minimum absolute atomic E-state index is 0.452. The monoisotopic (exact) mass is 286 g/mol. The topological polar surface area (TPSA) is 43.2 Å². The number of aromatic nitrogens is 3. The van der Waals surface area contributed by atoms with Crippen molar-refractivity contribution in [2.45, 2.75) is 32.4 Å². The van der Waals surface area contributed by atoms with E-state index in [1.807, 2.05) is 23.0 Å². The molecule has 0 radical (unpaired) electrons. The molecule has 1 fully saturated rings. The Morgan fingerprint density at radius 2 is 2.14 bits per heavy atom. The summed E-state index contributed by atoms with van der Waals surface area (Å²) in [4.78, 5) is 11.0. The van der Waals surface area contributed by atoms with Crippen LogP contribution in [0.2, 0.25) is 0 Å². The Balaban J connectivity index is 1.54. The highest BCUT2D eigenvalue weighted by Crippen LogP contribution is 2.16. The van der Waals surface area contributed by atoms with E-state index in [2.05, 4.69) is 27.9 Å². The lowest BCUT2D eigenvalue weighted by Gasteiger charge is -2.31. The van der Waals surface area contributed by atoms with Crippen molar-refractivity contribution in [2.24, 2.45) is 0 Å². The van der Waals surface area contributed by atoms with Crippen LogP contribution in [0.4, 0.5) is 0 Å². The van der Waals surface area contributed by atoms with E-state index in [1.54, 1.807) is 12.5 Å². The predicted molar refractivity (Wildman–Crippen MR) is 81.3 cm³/mol. The van der Waals surface area contributed by atoms with Crippen molar-refractivity contribution in [2.75, 3.05) is 19.7 Å². The molecule has 0 bridgehead atoms. The van der Waals surface area contributed by atoms with E-state index in [-0.39, 0.29) is 0 Å². The van der Waals surface area contributed by atoms with Crippen molar-refractivity contribution in [1.29, 1.82) is 0 Å². The fourth-order valence-corrected chi connectivity index (χ4v) is 2.79. The molecule has 21 heavy (non-hydrogen) atoms. The van der Waals surface area contributed by atoms with Gasteiger partial charge in [-0.25, -0.2) is 9.97 Å². The molecule has 0 unspecified atom stereocenters. The third-order valence-corrected chi connectivity index (χ3v) is 3.92. The van der Waals surface area contributed by atoms with Crippen molar-refractivity contribution in [3.05, 3.63) is 42.6 Å². The molecular weight excluding hydrogens is 264 g/mol. The summed E-state index contributed by atoms with van der Waals surface area (Å²) in [7, 11) is 0. The van der Waals surface area contributed by atoms with Gasteiger partial charge in [0, 0.05) is 44.8 Å². The minimum atomic E-state index is 0.452. The molecule has 112 valence electrons. The van der Waals surface area contributed by atoms with E-state index in [0.29, 0.717) is 6.10 Å². The fraction of sp³-hybridized carbons (Fsp3) is 0.500. The maximum absolute atomic E-state index is 5.69. The Labute approximate surface area is 125 Å². The van der Waals surface area contributed by atoms with Crippen molar-refractivity contribution in [3.63, 3.8) is 0 Å². The van der Waals surface area contributed by atoms with Crippen molar-refractivity contribution < 1.29 is 4.74 Å². The average molecular weight is 286 g/mol. The van der Waals surface area contributed by atoms with Crippen LogP contribution in [-0.2, 0) is 11.3 Å². The predicted octanol–water partition coefficient (Wildman–Crippen LogP) is 2.27. The molecule has 3 rings (SSSR count). The number of piperidine rings is 1. The van der Waals surface area contributed by atoms with Crippen LogP contribution >= 0.6 is 0 Å². The lowest BCUT2D eigenvalue weighted by molar-refractivity contribution is 0.0125. The van der Waals surface area contributed by atoms with Gasteiger partial charge in [-0.3, -0.25) is 9.47 Å². The summed E-state index contributed by atoms with van der Waals surface area (Å²) in [5.74, 6) is 0.909. The highest BCUT2D eigenvalue weighted by molar-refractivity contribution is 5.25. The maximum Gasteiger partial charge on any atom is 0.137 e. The van der Waals surface area contributed by atoms with E-state index < -0.39 is 0 Å². The van der Waals surface area contributed by atoms with E-state index >= 15 is 0 Å². The van der Waals surface area contributed by atoms with Crippen LogP contribution in [0.25, 0.3) is 5.82 Å². The number of rotatable bonds is 5. The number of nitrogens with zero attached hydrogens (tertiary/aromatic N) is 4. The van der Waals surface area contributed by atoms with E-state index in [9.17, 15) is 0 Å². The minimum Gasteiger partial charge on any atom is -0.378 e. The maximum atomic E-state index is 5.69. The van der Waals surface area contributed by atoms with Crippen molar-refractivity contribution in [1.82, 2.24) is 19.4 Å². The Hall–Kier alpha value is -1.72. The van der Waals surface area contributed by atoms with E-state index in [1.165, 1.54) is 5.56 Å². The zero-order valence-corrected chi connectivity index (χ0v) is 12.5. The van der Waals surface area contributed by atoms with Gasteiger partial charge in [0.2, 0.25) is 0 Å². The van der Waals surface area contributed by atoms with Gasteiger partial charge in [-0.15, -0.1) is 0 Å². The lowest BCUT2D eigenvalue weighted by atomic mass is 10.1. The van der Waals surface area contributed by atoms with Gasteiger partial charge in [-0.1, -0.05) is 6.07 Å². The molecule has 0 spiro atoms. The molecule has 0 aliphatic carbocycles. The Morgan fingerprint density at radius 3 is 2.76 bits per heavy atom. The van der Waals surface area contributed by atoms with Gasteiger partial charge < -0.3 is 4.74 Å². The molecule has 1 aliphatic heterocycles. The van der Waals surface area contributed by atoms with Gasteiger partial charge >= 0.3 is 0 Å². The second-order valence-electron chi connectivity index (χ2n) is 5.43. The van der Waals surface area contributed by atoms with Gasteiger partial charge in [-0.05, 0) is 31.4 Å². The lowest BCUT2D eigenvalue weighted by Crippen LogP contribution is -2.36. The third kappa shape index (κ3) is 3.68. The number of imidazole rings is 1.